The van der Waals surface area contributed by atoms with Crippen LogP contribution in [0.15, 0.2) is 35.1 Å². The number of fused-ring (bicyclic) bond motifs is 1. The van der Waals surface area contributed by atoms with Crippen LogP contribution in [-0.2, 0) is 0 Å². The van der Waals surface area contributed by atoms with Gasteiger partial charge in [0.25, 0.3) is 11.5 Å². The topological polar surface area (TPSA) is 90.7 Å². The minimum atomic E-state index is -0.205. The number of benzene rings is 1. The second-order valence-corrected chi connectivity index (χ2v) is 7.06. The summed E-state index contributed by atoms with van der Waals surface area (Å²) in [6.07, 6.45) is 2.69. The van der Waals surface area contributed by atoms with Crippen molar-refractivity contribution in [3.05, 3.63) is 63.2 Å². The van der Waals surface area contributed by atoms with Crippen LogP contribution in [0.3, 0.4) is 0 Å². The first-order chi connectivity index (χ1) is 13.0. The Kier molecular flexibility index (Phi) is 4.22. The van der Waals surface area contributed by atoms with E-state index in [1.807, 2.05) is 13.0 Å². The first-order valence-electron chi connectivity index (χ1n) is 9.15. The number of rotatable bonds is 2. The van der Waals surface area contributed by atoms with Crippen LogP contribution in [0.5, 0.6) is 5.75 Å². The molecule has 140 valence electrons. The maximum atomic E-state index is 13.1. The van der Waals surface area contributed by atoms with Gasteiger partial charge in [-0.3, -0.25) is 14.7 Å². The number of para-hydroxylation sites is 1. The Morgan fingerprint density at radius 2 is 2.04 bits per heavy atom. The molecule has 1 amide bonds. The zero-order valence-corrected chi connectivity index (χ0v) is 15.4. The number of hydrogen-bond donors (Lipinski definition) is 2. The summed E-state index contributed by atoms with van der Waals surface area (Å²) in [5, 5.41) is 13.2. The van der Waals surface area contributed by atoms with E-state index < -0.39 is 0 Å². The molecule has 1 atom stereocenters. The average molecular weight is 366 g/mol. The van der Waals surface area contributed by atoms with E-state index in [0.29, 0.717) is 29.0 Å². The van der Waals surface area contributed by atoms with Crippen LogP contribution in [0, 0.1) is 13.8 Å². The fourth-order valence-corrected chi connectivity index (χ4v) is 3.72. The van der Waals surface area contributed by atoms with Gasteiger partial charge in [-0.1, -0.05) is 12.1 Å². The molecule has 0 radical (unpaired) electrons. The van der Waals surface area contributed by atoms with Crippen LogP contribution in [0.2, 0.25) is 0 Å². The van der Waals surface area contributed by atoms with Crippen molar-refractivity contribution >= 4 is 11.6 Å². The molecule has 3 heterocycles. The molecule has 27 heavy (non-hydrogen) atoms. The summed E-state index contributed by atoms with van der Waals surface area (Å²) in [7, 11) is 0. The number of aryl methyl sites for hydroxylation is 1. The normalized spacial score (nSPS) is 17.4. The molecule has 0 bridgehead atoms. The van der Waals surface area contributed by atoms with Crippen LogP contribution in [0.1, 0.15) is 52.6 Å². The van der Waals surface area contributed by atoms with Crippen molar-refractivity contribution in [1.29, 1.82) is 0 Å². The molecular weight excluding hydrogens is 344 g/mol. The van der Waals surface area contributed by atoms with Crippen molar-refractivity contribution in [2.24, 2.45) is 0 Å². The molecule has 3 aromatic rings. The molecule has 1 aliphatic heterocycles. The fraction of sp³-hybridized carbons (Fsp3) is 0.350. The molecule has 0 unspecified atom stereocenters. The van der Waals surface area contributed by atoms with E-state index in [0.717, 1.165) is 25.0 Å². The first kappa shape index (κ1) is 17.3. The molecule has 0 spiro atoms. The molecule has 4 rings (SSSR count). The number of likely N-dealkylation sites (tertiary alicyclic amines) is 1. The van der Waals surface area contributed by atoms with E-state index >= 15 is 0 Å². The number of carbonyl (C=O) groups is 1. The molecule has 1 saturated heterocycles. The lowest BCUT2D eigenvalue weighted by molar-refractivity contribution is 0.0602. The van der Waals surface area contributed by atoms with Gasteiger partial charge in [-0.15, -0.1) is 0 Å². The third-order valence-corrected chi connectivity index (χ3v) is 5.36. The molecular formula is C20H22N4O3. The lowest BCUT2D eigenvalue weighted by Crippen LogP contribution is -2.38. The molecule has 1 aliphatic rings. The predicted octanol–water partition coefficient (Wildman–Crippen LogP) is 2.71. The Morgan fingerprint density at radius 1 is 1.26 bits per heavy atom. The summed E-state index contributed by atoms with van der Waals surface area (Å²) in [5.74, 6) is -0.225. The highest BCUT2D eigenvalue weighted by atomic mass is 16.3. The van der Waals surface area contributed by atoms with Crippen LogP contribution in [0.4, 0.5) is 0 Å². The van der Waals surface area contributed by atoms with Crippen molar-refractivity contribution in [2.75, 3.05) is 6.54 Å². The highest BCUT2D eigenvalue weighted by Gasteiger charge is 2.31. The quantitative estimate of drug-likeness (QED) is 0.730. The molecule has 7 nitrogen and oxygen atoms in total. The number of H-pyrrole nitrogens is 1. The van der Waals surface area contributed by atoms with Gasteiger partial charge in [-0.25, -0.2) is 9.50 Å². The number of aromatic amines is 1. The molecule has 1 aromatic carbocycles. The number of aromatic nitrogens is 3. The Labute approximate surface area is 156 Å². The van der Waals surface area contributed by atoms with Gasteiger partial charge in [-0.05, 0) is 45.2 Å². The number of nitrogens with zero attached hydrogens (tertiary/aromatic N) is 3. The Balaban J connectivity index is 1.76. The summed E-state index contributed by atoms with van der Waals surface area (Å²) < 4.78 is 1.44. The summed E-state index contributed by atoms with van der Waals surface area (Å²) in [6.45, 7) is 4.18. The van der Waals surface area contributed by atoms with Crippen LogP contribution >= 0.6 is 0 Å². The van der Waals surface area contributed by atoms with Crippen molar-refractivity contribution in [1.82, 2.24) is 19.5 Å². The standard InChI is InChI=1S/C20H22N4O3/c1-12-13(2)21-18-11-15(22-24(18)19(12)26)16-8-5-6-10-23(16)20(27)14-7-3-4-9-17(14)25/h3-4,7,9,11,16,22,25H,5-6,8,10H2,1-2H3/t16-/m0/s1. The largest absolute Gasteiger partial charge is 0.507 e. The van der Waals surface area contributed by atoms with Crippen LogP contribution < -0.4 is 5.56 Å². The van der Waals surface area contributed by atoms with Gasteiger partial charge in [0, 0.05) is 23.9 Å². The Morgan fingerprint density at radius 3 is 2.81 bits per heavy atom. The Hall–Kier alpha value is -3.09. The van der Waals surface area contributed by atoms with Gasteiger partial charge in [0.2, 0.25) is 0 Å². The van der Waals surface area contributed by atoms with Crippen molar-refractivity contribution in [3.8, 4) is 5.75 Å². The number of aromatic hydroxyl groups is 1. The summed E-state index contributed by atoms with van der Waals surface area (Å²) in [5.41, 5.74) is 2.82. The third-order valence-electron chi connectivity index (χ3n) is 5.36. The molecule has 2 N–H and O–H groups in total. The van der Waals surface area contributed by atoms with Crippen LogP contribution in [-0.4, -0.2) is 37.1 Å². The first-order valence-corrected chi connectivity index (χ1v) is 9.15. The third kappa shape index (κ3) is 2.89. The molecule has 0 aliphatic carbocycles. The monoisotopic (exact) mass is 366 g/mol. The van der Waals surface area contributed by atoms with E-state index in [4.69, 9.17) is 0 Å². The molecule has 0 saturated carbocycles. The highest BCUT2D eigenvalue weighted by molar-refractivity contribution is 5.97. The van der Waals surface area contributed by atoms with Gasteiger partial charge in [0.1, 0.15) is 5.75 Å². The fourth-order valence-electron chi connectivity index (χ4n) is 3.72. The zero-order valence-electron chi connectivity index (χ0n) is 15.4. The van der Waals surface area contributed by atoms with E-state index in [1.54, 1.807) is 30.0 Å². The van der Waals surface area contributed by atoms with Crippen molar-refractivity contribution in [3.63, 3.8) is 0 Å². The van der Waals surface area contributed by atoms with Crippen molar-refractivity contribution < 1.29 is 9.90 Å². The summed E-state index contributed by atoms with van der Waals surface area (Å²) in [4.78, 5) is 31.8. The van der Waals surface area contributed by atoms with E-state index in [-0.39, 0.29) is 23.3 Å². The number of phenolic OH excluding ortho intramolecular Hbond substituents is 1. The van der Waals surface area contributed by atoms with Gasteiger partial charge < -0.3 is 10.0 Å². The number of nitrogens with one attached hydrogen (secondary N) is 1. The lowest BCUT2D eigenvalue weighted by Gasteiger charge is -2.35. The number of piperidine rings is 1. The van der Waals surface area contributed by atoms with Gasteiger partial charge >= 0.3 is 0 Å². The number of phenols is 1. The lowest BCUT2D eigenvalue weighted by atomic mass is 9.98. The number of amides is 1. The number of carbonyl (C=O) groups excluding carboxylic acids is 1. The predicted molar refractivity (Wildman–Crippen MR) is 101 cm³/mol. The molecule has 2 aromatic heterocycles. The smallest absolute Gasteiger partial charge is 0.275 e. The van der Waals surface area contributed by atoms with E-state index in [2.05, 4.69) is 10.1 Å². The van der Waals surface area contributed by atoms with E-state index in [1.165, 1.54) is 10.6 Å². The summed E-state index contributed by atoms with van der Waals surface area (Å²) >= 11 is 0. The maximum absolute atomic E-state index is 13.1. The average Bonchev–Trinajstić information content (AvgIpc) is 3.10. The van der Waals surface area contributed by atoms with Gasteiger partial charge in [0.15, 0.2) is 5.65 Å². The second kappa shape index (κ2) is 6.57. The minimum Gasteiger partial charge on any atom is -0.507 e. The van der Waals surface area contributed by atoms with Crippen LogP contribution in [0.25, 0.3) is 5.65 Å². The number of hydrogen-bond acceptors (Lipinski definition) is 4. The molecule has 7 heteroatoms. The zero-order chi connectivity index (χ0) is 19.1. The maximum Gasteiger partial charge on any atom is 0.275 e. The van der Waals surface area contributed by atoms with Crippen molar-refractivity contribution in [2.45, 2.75) is 39.2 Å². The summed E-state index contributed by atoms with van der Waals surface area (Å²) in [6, 6.07) is 8.24. The van der Waals surface area contributed by atoms with E-state index in [9.17, 15) is 14.7 Å². The molecule has 1 fully saturated rings. The second-order valence-electron chi connectivity index (χ2n) is 7.06. The Bertz CT molecular complexity index is 1080. The highest BCUT2D eigenvalue weighted by Crippen LogP contribution is 2.33. The van der Waals surface area contributed by atoms with Gasteiger partial charge in [-0.2, -0.15) is 0 Å². The minimum absolute atomic E-state index is 0.0207. The SMILES string of the molecule is Cc1nc2cc([C@@H]3CCCCN3C(=O)c3ccccc3O)[nH]n2c(=O)c1C. The van der Waals surface area contributed by atoms with Gasteiger partial charge in [0.05, 0.1) is 17.3 Å².